The van der Waals surface area contributed by atoms with Crippen molar-refractivity contribution < 1.29 is 14.3 Å². The molecule has 1 saturated heterocycles. The number of likely N-dealkylation sites (tertiary alicyclic amines) is 1. The highest BCUT2D eigenvalue weighted by atomic mass is 16.5. The summed E-state index contributed by atoms with van der Waals surface area (Å²) in [6, 6.07) is 13.4. The molecule has 1 aromatic carbocycles. The van der Waals surface area contributed by atoms with Gasteiger partial charge in [-0.15, -0.1) is 0 Å². The van der Waals surface area contributed by atoms with E-state index in [9.17, 15) is 4.79 Å². The molecule has 150 valence electrons. The van der Waals surface area contributed by atoms with Gasteiger partial charge in [-0.3, -0.25) is 14.9 Å². The summed E-state index contributed by atoms with van der Waals surface area (Å²) in [6.07, 6.45) is 3.58. The van der Waals surface area contributed by atoms with Crippen molar-refractivity contribution in [1.29, 1.82) is 0 Å². The topological polar surface area (TPSA) is 80.3 Å². The van der Waals surface area contributed by atoms with Crippen LogP contribution < -0.4 is 9.47 Å². The van der Waals surface area contributed by atoms with Gasteiger partial charge in [-0.1, -0.05) is 12.1 Å². The van der Waals surface area contributed by atoms with E-state index >= 15 is 0 Å². The zero-order valence-corrected chi connectivity index (χ0v) is 16.6. The van der Waals surface area contributed by atoms with Gasteiger partial charge in [-0.25, -0.2) is 0 Å². The largest absolute Gasteiger partial charge is 0.493 e. The van der Waals surface area contributed by atoms with E-state index in [-0.39, 0.29) is 5.91 Å². The Morgan fingerprint density at radius 2 is 2.00 bits per heavy atom. The Balaban J connectivity index is 1.40. The Bertz CT molecular complexity index is 987. The average molecular weight is 392 g/mol. The number of nitrogens with one attached hydrogen (secondary N) is 1. The molecule has 0 bridgehead atoms. The number of methoxy groups -OCH3 is 2. The first-order chi connectivity index (χ1) is 14.2. The molecule has 0 saturated carbocycles. The van der Waals surface area contributed by atoms with Crippen LogP contribution in [0.25, 0.3) is 11.4 Å². The van der Waals surface area contributed by atoms with Gasteiger partial charge in [0.1, 0.15) is 11.4 Å². The molecule has 4 rings (SSSR count). The van der Waals surface area contributed by atoms with Crippen LogP contribution in [0.4, 0.5) is 0 Å². The van der Waals surface area contributed by atoms with Crippen molar-refractivity contribution in [2.24, 2.45) is 5.92 Å². The predicted octanol–water partition coefficient (Wildman–Crippen LogP) is 3.19. The van der Waals surface area contributed by atoms with Gasteiger partial charge in [0.05, 0.1) is 19.9 Å². The third-order valence-corrected chi connectivity index (χ3v) is 5.28. The maximum Gasteiger partial charge on any atom is 0.271 e. The lowest BCUT2D eigenvalue weighted by atomic mass is 9.98. The lowest BCUT2D eigenvalue weighted by molar-refractivity contribution is 0.0781. The molecule has 0 aliphatic carbocycles. The summed E-state index contributed by atoms with van der Waals surface area (Å²) in [5, 5.41) is 7.10. The maximum absolute atomic E-state index is 12.9. The van der Waals surface area contributed by atoms with E-state index in [4.69, 9.17) is 9.47 Å². The Hall–Kier alpha value is -3.35. The van der Waals surface area contributed by atoms with Crippen LogP contribution in [0, 0.1) is 5.92 Å². The smallest absolute Gasteiger partial charge is 0.271 e. The summed E-state index contributed by atoms with van der Waals surface area (Å²) < 4.78 is 10.7. The van der Waals surface area contributed by atoms with Gasteiger partial charge < -0.3 is 14.4 Å². The Morgan fingerprint density at radius 1 is 1.14 bits per heavy atom. The van der Waals surface area contributed by atoms with Crippen molar-refractivity contribution in [2.75, 3.05) is 27.3 Å². The van der Waals surface area contributed by atoms with Crippen LogP contribution in [0.1, 0.15) is 22.5 Å². The Kier molecular flexibility index (Phi) is 5.46. The van der Waals surface area contributed by atoms with Crippen molar-refractivity contribution in [3.63, 3.8) is 0 Å². The predicted molar refractivity (Wildman–Crippen MR) is 109 cm³/mol. The molecule has 0 radical (unpaired) electrons. The number of H-pyrrole nitrogens is 1. The number of carbonyl (C=O) groups is 1. The van der Waals surface area contributed by atoms with Crippen LogP contribution in [0.15, 0.2) is 48.7 Å². The fourth-order valence-electron chi connectivity index (χ4n) is 3.77. The molecule has 1 amide bonds. The van der Waals surface area contributed by atoms with E-state index in [1.807, 2.05) is 35.2 Å². The second kappa shape index (κ2) is 8.34. The molecule has 1 N–H and O–H groups in total. The number of carbonyl (C=O) groups excluding carboxylic acids is 1. The number of nitrogens with zero attached hydrogens (tertiary/aromatic N) is 3. The second-order valence-electron chi connectivity index (χ2n) is 7.18. The number of ether oxygens (including phenoxy) is 2. The number of pyridine rings is 1. The molecule has 1 fully saturated rings. The molecule has 7 nitrogen and oxygen atoms in total. The molecule has 2 aromatic heterocycles. The zero-order valence-electron chi connectivity index (χ0n) is 16.6. The maximum atomic E-state index is 12.9. The minimum Gasteiger partial charge on any atom is -0.493 e. The molecule has 0 spiro atoms. The minimum atomic E-state index is -0.0190. The van der Waals surface area contributed by atoms with Gasteiger partial charge in [0.15, 0.2) is 11.5 Å². The quantitative estimate of drug-likeness (QED) is 0.697. The summed E-state index contributed by atoms with van der Waals surface area (Å²) in [4.78, 5) is 19.0. The third kappa shape index (κ3) is 4.08. The fraction of sp³-hybridized carbons (Fsp3) is 0.318. The number of rotatable bonds is 6. The van der Waals surface area contributed by atoms with Gasteiger partial charge in [-0.05, 0) is 54.7 Å². The number of hydrogen-bond acceptors (Lipinski definition) is 5. The van der Waals surface area contributed by atoms with Crippen molar-refractivity contribution in [1.82, 2.24) is 20.1 Å². The lowest BCUT2D eigenvalue weighted by Crippen LogP contribution is -2.29. The molecular formula is C22H24N4O3. The molecule has 1 atom stereocenters. The summed E-state index contributed by atoms with van der Waals surface area (Å²) in [5.41, 5.74) is 3.10. The van der Waals surface area contributed by atoms with Crippen LogP contribution in [-0.2, 0) is 6.42 Å². The lowest BCUT2D eigenvalue weighted by Gasteiger charge is -2.16. The standard InChI is InChI=1S/C22H24N4O3/c1-28-20-7-6-15(12-21(20)29-2)11-16-8-10-26(14-16)22(27)19-13-18(24-25-19)17-5-3-4-9-23-17/h3-7,9,12-13,16H,8,10-11,14H2,1-2H3,(H,24,25). The number of aromatic nitrogens is 3. The summed E-state index contributed by atoms with van der Waals surface area (Å²) in [5.74, 6) is 1.85. The number of hydrogen-bond donors (Lipinski definition) is 1. The van der Waals surface area contributed by atoms with Crippen molar-refractivity contribution in [3.05, 3.63) is 59.9 Å². The first-order valence-electron chi connectivity index (χ1n) is 9.65. The molecule has 3 heterocycles. The van der Waals surface area contributed by atoms with Crippen molar-refractivity contribution >= 4 is 5.91 Å². The van der Waals surface area contributed by atoms with E-state index in [1.54, 1.807) is 26.5 Å². The summed E-state index contributed by atoms with van der Waals surface area (Å²) >= 11 is 0. The molecule has 1 unspecified atom stereocenters. The van der Waals surface area contributed by atoms with Crippen molar-refractivity contribution in [2.45, 2.75) is 12.8 Å². The highest BCUT2D eigenvalue weighted by Gasteiger charge is 2.28. The van der Waals surface area contributed by atoms with E-state index in [1.165, 1.54) is 5.56 Å². The highest BCUT2D eigenvalue weighted by molar-refractivity contribution is 5.93. The van der Waals surface area contributed by atoms with E-state index in [2.05, 4.69) is 21.2 Å². The Morgan fingerprint density at radius 3 is 2.76 bits per heavy atom. The fourth-order valence-corrected chi connectivity index (χ4v) is 3.77. The number of benzene rings is 1. The third-order valence-electron chi connectivity index (χ3n) is 5.28. The van der Waals surface area contributed by atoms with Gasteiger partial charge in [-0.2, -0.15) is 5.10 Å². The molecule has 1 aliphatic heterocycles. The first kappa shape index (κ1) is 19.0. The molecule has 29 heavy (non-hydrogen) atoms. The van der Waals surface area contributed by atoms with Crippen LogP contribution in [0.3, 0.4) is 0 Å². The highest BCUT2D eigenvalue weighted by Crippen LogP contribution is 2.30. The summed E-state index contributed by atoms with van der Waals surface area (Å²) in [7, 11) is 3.27. The van der Waals surface area contributed by atoms with Crippen molar-refractivity contribution in [3.8, 4) is 22.9 Å². The van der Waals surface area contributed by atoms with E-state index in [0.29, 0.717) is 17.3 Å². The molecule has 3 aromatic rings. The average Bonchev–Trinajstić information content (AvgIpc) is 3.44. The summed E-state index contributed by atoms with van der Waals surface area (Å²) in [6.45, 7) is 1.47. The minimum absolute atomic E-state index is 0.0190. The van der Waals surface area contributed by atoms with Gasteiger partial charge >= 0.3 is 0 Å². The van der Waals surface area contributed by atoms with E-state index < -0.39 is 0 Å². The van der Waals surface area contributed by atoms with Gasteiger partial charge in [0.2, 0.25) is 0 Å². The number of aromatic amines is 1. The first-order valence-corrected chi connectivity index (χ1v) is 9.65. The zero-order chi connectivity index (χ0) is 20.2. The Labute approximate surface area is 169 Å². The molecule has 1 aliphatic rings. The van der Waals surface area contributed by atoms with Crippen LogP contribution >= 0.6 is 0 Å². The van der Waals surface area contributed by atoms with Crippen LogP contribution in [0.5, 0.6) is 11.5 Å². The van der Waals surface area contributed by atoms with E-state index in [0.717, 1.165) is 43.1 Å². The molecule has 7 heteroatoms. The van der Waals surface area contributed by atoms with Gasteiger partial charge in [0, 0.05) is 19.3 Å². The van der Waals surface area contributed by atoms with Crippen LogP contribution in [-0.4, -0.2) is 53.3 Å². The monoisotopic (exact) mass is 392 g/mol. The number of amides is 1. The normalized spacial score (nSPS) is 16.1. The van der Waals surface area contributed by atoms with Crippen LogP contribution in [0.2, 0.25) is 0 Å². The molecular weight excluding hydrogens is 368 g/mol. The SMILES string of the molecule is COc1ccc(CC2CCN(C(=O)c3cc(-c4ccccn4)n[nH]3)C2)cc1OC. The van der Waals surface area contributed by atoms with Gasteiger partial charge in [0.25, 0.3) is 5.91 Å². The second-order valence-corrected chi connectivity index (χ2v) is 7.18.